The van der Waals surface area contributed by atoms with E-state index in [2.05, 4.69) is 11.9 Å². The van der Waals surface area contributed by atoms with Gasteiger partial charge in [0.1, 0.15) is 0 Å². The van der Waals surface area contributed by atoms with Crippen molar-refractivity contribution in [1.82, 2.24) is 9.80 Å². The van der Waals surface area contributed by atoms with Crippen molar-refractivity contribution in [2.24, 2.45) is 11.5 Å². The van der Waals surface area contributed by atoms with Gasteiger partial charge >= 0.3 is 0 Å². The van der Waals surface area contributed by atoms with Gasteiger partial charge in [0.2, 0.25) is 5.91 Å². The fourth-order valence-corrected chi connectivity index (χ4v) is 2.02. The SMILES string of the molecule is CN(CCCN)CCCN1CC(N)CC1=O. The Hall–Kier alpha value is -0.650. The zero-order valence-corrected chi connectivity index (χ0v) is 10.2. The van der Waals surface area contributed by atoms with Crippen molar-refractivity contribution in [2.75, 3.05) is 39.8 Å². The molecule has 1 rings (SSSR count). The minimum absolute atomic E-state index is 0.0440. The molecule has 0 aromatic heterocycles. The maximum absolute atomic E-state index is 11.4. The lowest BCUT2D eigenvalue weighted by Crippen LogP contribution is -2.31. The van der Waals surface area contributed by atoms with Gasteiger partial charge < -0.3 is 21.3 Å². The summed E-state index contributed by atoms with van der Waals surface area (Å²) in [5.74, 6) is 0.206. The number of carbonyl (C=O) groups excluding carboxylic acids is 1. The van der Waals surface area contributed by atoms with Crippen LogP contribution in [0, 0.1) is 0 Å². The second kappa shape index (κ2) is 6.83. The lowest BCUT2D eigenvalue weighted by molar-refractivity contribution is -0.127. The minimum atomic E-state index is 0.0440. The number of nitrogens with zero attached hydrogens (tertiary/aromatic N) is 2. The second-order valence-corrected chi connectivity index (χ2v) is 4.60. The molecule has 1 unspecified atom stereocenters. The van der Waals surface area contributed by atoms with Crippen LogP contribution in [-0.4, -0.2) is 61.5 Å². The summed E-state index contributed by atoms with van der Waals surface area (Å²) >= 11 is 0. The Kier molecular flexibility index (Phi) is 5.73. The number of rotatable bonds is 7. The highest BCUT2D eigenvalue weighted by Gasteiger charge is 2.25. The molecular formula is C11H24N4O. The van der Waals surface area contributed by atoms with Crippen LogP contribution in [0.1, 0.15) is 19.3 Å². The highest BCUT2D eigenvalue weighted by molar-refractivity contribution is 5.79. The molecule has 0 aromatic rings. The van der Waals surface area contributed by atoms with Crippen LogP contribution in [-0.2, 0) is 4.79 Å². The fourth-order valence-electron chi connectivity index (χ4n) is 2.02. The van der Waals surface area contributed by atoms with Crippen LogP contribution in [0.3, 0.4) is 0 Å². The number of amides is 1. The number of hydrogen-bond acceptors (Lipinski definition) is 4. The normalized spacial score (nSPS) is 21.1. The second-order valence-electron chi connectivity index (χ2n) is 4.60. The lowest BCUT2D eigenvalue weighted by atomic mass is 10.3. The molecule has 1 atom stereocenters. The van der Waals surface area contributed by atoms with Gasteiger partial charge in [-0.25, -0.2) is 0 Å². The van der Waals surface area contributed by atoms with Gasteiger partial charge in [-0.15, -0.1) is 0 Å². The predicted octanol–water partition coefficient (Wildman–Crippen LogP) is -0.783. The van der Waals surface area contributed by atoms with E-state index in [1.54, 1.807) is 0 Å². The molecule has 94 valence electrons. The van der Waals surface area contributed by atoms with E-state index in [1.807, 2.05) is 4.90 Å². The molecule has 16 heavy (non-hydrogen) atoms. The van der Waals surface area contributed by atoms with Gasteiger partial charge in [-0.3, -0.25) is 4.79 Å². The fraction of sp³-hybridized carbons (Fsp3) is 0.909. The minimum Gasteiger partial charge on any atom is -0.341 e. The summed E-state index contributed by atoms with van der Waals surface area (Å²) < 4.78 is 0. The van der Waals surface area contributed by atoms with Crippen molar-refractivity contribution in [2.45, 2.75) is 25.3 Å². The molecule has 5 heteroatoms. The Balaban J connectivity index is 2.08. The van der Waals surface area contributed by atoms with Gasteiger partial charge in [0.15, 0.2) is 0 Å². The summed E-state index contributed by atoms with van der Waals surface area (Å²) in [5, 5.41) is 0. The highest BCUT2D eigenvalue weighted by Crippen LogP contribution is 2.09. The van der Waals surface area contributed by atoms with Crippen molar-refractivity contribution in [3.05, 3.63) is 0 Å². The van der Waals surface area contributed by atoms with Crippen LogP contribution in [0.2, 0.25) is 0 Å². The first-order chi connectivity index (χ1) is 7.63. The van der Waals surface area contributed by atoms with Crippen molar-refractivity contribution in [1.29, 1.82) is 0 Å². The Morgan fingerprint density at radius 3 is 2.69 bits per heavy atom. The van der Waals surface area contributed by atoms with E-state index in [9.17, 15) is 4.79 Å². The summed E-state index contributed by atoms with van der Waals surface area (Å²) in [6.07, 6.45) is 2.56. The Morgan fingerprint density at radius 2 is 2.12 bits per heavy atom. The predicted molar refractivity (Wildman–Crippen MR) is 65.0 cm³/mol. The van der Waals surface area contributed by atoms with Gasteiger partial charge in [-0.2, -0.15) is 0 Å². The molecule has 0 aliphatic carbocycles. The third-order valence-corrected chi connectivity index (χ3v) is 2.96. The summed E-state index contributed by atoms with van der Waals surface area (Å²) in [6.45, 7) is 4.34. The Morgan fingerprint density at radius 1 is 1.44 bits per heavy atom. The smallest absolute Gasteiger partial charge is 0.224 e. The van der Waals surface area contributed by atoms with Crippen LogP contribution in [0.5, 0.6) is 0 Å². The summed E-state index contributed by atoms with van der Waals surface area (Å²) in [7, 11) is 2.09. The van der Waals surface area contributed by atoms with Crippen molar-refractivity contribution >= 4 is 5.91 Å². The highest BCUT2D eigenvalue weighted by atomic mass is 16.2. The Bertz CT molecular complexity index is 222. The molecule has 1 aliphatic rings. The van der Waals surface area contributed by atoms with Crippen molar-refractivity contribution in [3.8, 4) is 0 Å². The molecule has 0 aromatic carbocycles. The van der Waals surface area contributed by atoms with E-state index in [1.165, 1.54) is 0 Å². The zero-order valence-electron chi connectivity index (χ0n) is 10.2. The van der Waals surface area contributed by atoms with Crippen LogP contribution < -0.4 is 11.5 Å². The van der Waals surface area contributed by atoms with Crippen LogP contribution in [0.4, 0.5) is 0 Å². The molecule has 1 fully saturated rings. The van der Waals surface area contributed by atoms with E-state index < -0.39 is 0 Å². The molecule has 1 heterocycles. The summed E-state index contributed by atoms with van der Waals surface area (Å²) in [4.78, 5) is 15.6. The molecule has 0 bridgehead atoms. The quantitative estimate of drug-likeness (QED) is 0.599. The maximum atomic E-state index is 11.4. The van der Waals surface area contributed by atoms with Gasteiger partial charge in [0.25, 0.3) is 0 Å². The van der Waals surface area contributed by atoms with Gasteiger partial charge in [-0.05, 0) is 39.5 Å². The summed E-state index contributed by atoms with van der Waals surface area (Å²) in [6, 6.07) is 0.0440. The number of nitrogens with two attached hydrogens (primary N) is 2. The standard InChI is InChI=1S/C11H24N4O/c1-14(5-2-4-12)6-3-7-15-9-10(13)8-11(15)16/h10H,2-9,12-13H2,1H3. The molecule has 1 aliphatic heterocycles. The molecule has 4 N–H and O–H groups in total. The molecule has 0 spiro atoms. The van der Waals surface area contributed by atoms with Crippen LogP contribution >= 0.6 is 0 Å². The van der Waals surface area contributed by atoms with Crippen LogP contribution in [0.25, 0.3) is 0 Å². The van der Waals surface area contributed by atoms with E-state index in [4.69, 9.17) is 11.5 Å². The number of carbonyl (C=O) groups is 1. The molecular weight excluding hydrogens is 204 g/mol. The first kappa shape index (κ1) is 13.4. The molecule has 0 saturated carbocycles. The van der Waals surface area contributed by atoms with Gasteiger partial charge in [-0.1, -0.05) is 0 Å². The maximum Gasteiger partial charge on any atom is 0.224 e. The van der Waals surface area contributed by atoms with Crippen molar-refractivity contribution < 1.29 is 4.79 Å². The largest absolute Gasteiger partial charge is 0.341 e. The van der Waals surface area contributed by atoms with Gasteiger partial charge in [0.05, 0.1) is 0 Å². The number of hydrogen-bond donors (Lipinski definition) is 2. The molecule has 5 nitrogen and oxygen atoms in total. The van der Waals surface area contributed by atoms with Gasteiger partial charge in [0, 0.05) is 25.6 Å². The first-order valence-corrected chi connectivity index (χ1v) is 6.05. The monoisotopic (exact) mass is 228 g/mol. The molecule has 1 saturated heterocycles. The lowest BCUT2D eigenvalue weighted by Gasteiger charge is -2.19. The average molecular weight is 228 g/mol. The van der Waals surface area contributed by atoms with E-state index >= 15 is 0 Å². The number of likely N-dealkylation sites (tertiary alicyclic amines) is 1. The van der Waals surface area contributed by atoms with Crippen molar-refractivity contribution in [3.63, 3.8) is 0 Å². The third kappa shape index (κ3) is 4.47. The topological polar surface area (TPSA) is 75.6 Å². The third-order valence-electron chi connectivity index (χ3n) is 2.96. The van der Waals surface area contributed by atoms with E-state index in [0.29, 0.717) is 6.42 Å². The zero-order chi connectivity index (χ0) is 12.0. The first-order valence-electron chi connectivity index (χ1n) is 6.05. The van der Waals surface area contributed by atoms with E-state index in [-0.39, 0.29) is 11.9 Å². The molecule has 0 radical (unpaired) electrons. The molecule has 1 amide bonds. The van der Waals surface area contributed by atoms with E-state index in [0.717, 1.165) is 45.6 Å². The summed E-state index contributed by atoms with van der Waals surface area (Å²) in [5.41, 5.74) is 11.2. The Labute approximate surface area is 97.7 Å². The average Bonchev–Trinajstić information content (AvgIpc) is 2.55. The van der Waals surface area contributed by atoms with Crippen LogP contribution in [0.15, 0.2) is 0 Å².